The number of para-hydroxylation sites is 1. The first kappa shape index (κ1) is 16.0. The van der Waals surface area contributed by atoms with Crippen molar-refractivity contribution in [2.24, 2.45) is 0 Å². The Morgan fingerprint density at radius 1 is 1.20 bits per heavy atom. The quantitative estimate of drug-likeness (QED) is 0.906. The largest absolute Gasteiger partial charge is 0.485 e. The first-order valence-corrected chi connectivity index (χ1v) is 8.70. The highest BCUT2D eigenvalue weighted by Gasteiger charge is 2.39. The van der Waals surface area contributed by atoms with Gasteiger partial charge in [0.15, 0.2) is 0 Å². The van der Waals surface area contributed by atoms with Crippen molar-refractivity contribution in [3.8, 4) is 5.75 Å². The highest BCUT2D eigenvalue weighted by Crippen LogP contribution is 2.33. The zero-order chi connectivity index (χ0) is 17.3. The maximum absolute atomic E-state index is 12.2. The van der Waals surface area contributed by atoms with Crippen molar-refractivity contribution in [2.45, 2.75) is 31.9 Å². The zero-order valence-corrected chi connectivity index (χ0v) is 14.4. The van der Waals surface area contributed by atoms with Crippen LogP contribution in [0.2, 0.25) is 0 Å². The summed E-state index contributed by atoms with van der Waals surface area (Å²) in [5, 5.41) is 3.03. The van der Waals surface area contributed by atoms with E-state index in [9.17, 15) is 4.79 Å². The lowest BCUT2D eigenvalue weighted by atomic mass is 9.91. The van der Waals surface area contributed by atoms with Gasteiger partial charge in [0.05, 0.1) is 23.5 Å². The SMILES string of the molecule is Cc1cnc(CN2CCC3(CC2)CNC(=O)c2ccccc2O3)cn1. The van der Waals surface area contributed by atoms with Gasteiger partial charge >= 0.3 is 0 Å². The summed E-state index contributed by atoms with van der Waals surface area (Å²) in [5.41, 5.74) is 2.22. The third kappa shape index (κ3) is 3.35. The predicted molar refractivity (Wildman–Crippen MR) is 93.4 cm³/mol. The number of nitrogens with zero attached hydrogens (tertiary/aromatic N) is 3. The molecule has 1 spiro atoms. The summed E-state index contributed by atoms with van der Waals surface area (Å²) in [4.78, 5) is 23.4. The predicted octanol–water partition coefficient (Wildman–Crippen LogP) is 1.94. The van der Waals surface area contributed by atoms with Crippen molar-refractivity contribution in [3.63, 3.8) is 0 Å². The monoisotopic (exact) mass is 338 g/mol. The van der Waals surface area contributed by atoms with Gasteiger partial charge in [-0.15, -0.1) is 0 Å². The van der Waals surface area contributed by atoms with Crippen LogP contribution in [0.4, 0.5) is 0 Å². The van der Waals surface area contributed by atoms with Crippen molar-refractivity contribution in [2.75, 3.05) is 19.6 Å². The minimum Gasteiger partial charge on any atom is -0.485 e. The molecule has 1 fully saturated rings. The molecule has 1 saturated heterocycles. The number of likely N-dealkylation sites (tertiary alicyclic amines) is 1. The van der Waals surface area contributed by atoms with Crippen molar-refractivity contribution in [3.05, 3.63) is 53.6 Å². The van der Waals surface area contributed by atoms with Crippen molar-refractivity contribution < 1.29 is 9.53 Å². The van der Waals surface area contributed by atoms with Gasteiger partial charge in [0.1, 0.15) is 11.4 Å². The van der Waals surface area contributed by atoms with Gasteiger partial charge in [0.25, 0.3) is 5.91 Å². The van der Waals surface area contributed by atoms with Crippen LogP contribution in [0.1, 0.15) is 34.6 Å². The fraction of sp³-hybridized carbons (Fsp3) is 0.421. The van der Waals surface area contributed by atoms with E-state index in [2.05, 4.69) is 20.2 Å². The van der Waals surface area contributed by atoms with E-state index in [1.807, 2.05) is 43.6 Å². The number of nitrogens with one attached hydrogen (secondary N) is 1. The highest BCUT2D eigenvalue weighted by molar-refractivity contribution is 5.97. The van der Waals surface area contributed by atoms with E-state index >= 15 is 0 Å². The number of hydrogen-bond donors (Lipinski definition) is 1. The molecule has 0 unspecified atom stereocenters. The molecule has 6 heteroatoms. The first-order chi connectivity index (χ1) is 12.1. The Kier molecular flexibility index (Phi) is 4.13. The second kappa shape index (κ2) is 6.44. The lowest BCUT2D eigenvalue weighted by Crippen LogP contribution is -2.53. The number of carbonyl (C=O) groups is 1. The number of ether oxygens (including phenoxy) is 1. The first-order valence-electron chi connectivity index (χ1n) is 8.70. The maximum atomic E-state index is 12.2. The van der Waals surface area contributed by atoms with E-state index in [1.165, 1.54) is 0 Å². The molecular weight excluding hydrogens is 316 g/mol. The van der Waals surface area contributed by atoms with Gasteiger partial charge in [0.2, 0.25) is 0 Å². The van der Waals surface area contributed by atoms with E-state index in [0.717, 1.165) is 43.9 Å². The Balaban J connectivity index is 1.44. The Bertz CT molecular complexity index is 767. The molecule has 0 aliphatic carbocycles. The smallest absolute Gasteiger partial charge is 0.255 e. The topological polar surface area (TPSA) is 67.4 Å². The molecule has 1 N–H and O–H groups in total. The number of rotatable bonds is 2. The van der Waals surface area contributed by atoms with Crippen LogP contribution in [-0.4, -0.2) is 46.0 Å². The van der Waals surface area contributed by atoms with E-state index in [4.69, 9.17) is 4.74 Å². The molecule has 25 heavy (non-hydrogen) atoms. The Hall–Kier alpha value is -2.47. The van der Waals surface area contributed by atoms with Crippen LogP contribution in [0.15, 0.2) is 36.7 Å². The molecular formula is C19H22N4O2. The summed E-state index contributed by atoms with van der Waals surface area (Å²) in [7, 11) is 0. The number of aryl methyl sites for hydroxylation is 1. The lowest BCUT2D eigenvalue weighted by molar-refractivity contribution is 0.00363. The van der Waals surface area contributed by atoms with E-state index in [0.29, 0.717) is 17.9 Å². The van der Waals surface area contributed by atoms with Crippen LogP contribution in [0.25, 0.3) is 0 Å². The molecule has 130 valence electrons. The molecule has 0 radical (unpaired) electrons. The molecule has 2 aliphatic heterocycles. The molecule has 1 aromatic carbocycles. The molecule has 0 atom stereocenters. The molecule has 4 rings (SSSR count). The standard InChI is InChI=1S/C19H22N4O2/c1-14-10-21-15(11-20-14)12-23-8-6-19(7-9-23)13-22-18(24)16-4-2-3-5-17(16)25-19/h2-5,10-11H,6-9,12-13H2,1H3,(H,22,24). The van der Waals surface area contributed by atoms with Gasteiger partial charge in [-0.3, -0.25) is 19.7 Å². The fourth-order valence-electron chi connectivity index (χ4n) is 3.48. The van der Waals surface area contributed by atoms with Crippen LogP contribution >= 0.6 is 0 Å². The second-order valence-corrected chi connectivity index (χ2v) is 6.89. The number of amides is 1. The summed E-state index contributed by atoms with van der Waals surface area (Å²) in [6.45, 7) is 5.11. The molecule has 2 aliphatic rings. The van der Waals surface area contributed by atoms with Crippen LogP contribution in [-0.2, 0) is 6.54 Å². The Labute approximate surface area is 147 Å². The van der Waals surface area contributed by atoms with Crippen molar-refractivity contribution in [1.29, 1.82) is 0 Å². The number of piperidine rings is 1. The average molecular weight is 338 g/mol. The van der Waals surface area contributed by atoms with Gasteiger partial charge in [-0.2, -0.15) is 0 Å². The van der Waals surface area contributed by atoms with Gasteiger partial charge in [-0.05, 0) is 19.1 Å². The van der Waals surface area contributed by atoms with E-state index in [1.54, 1.807) is 0 Å². The van der Waals surface area contributed by atoms with Crippen LogP contribution in [0.3, 0.4) is 0 Å². The molecule has 6 nitrogen and oxygen atoms in total. The van der Waals surface area contributed by atoms with Gasteiger partial charge < -0.3 is 10.1 Å². The van der Waals surface area contributed by atoms with Gasteiger partial charge in [-0.1, -0.05) is 12.1 Å². The average Bonchev–Trinajstić information content (AvgIpc) is 2.77. The minimum absolute atomic E-state index is 0.0511. The van der Waals surface area contributed by atoms with Crippen molar-refractivity contribution >= 4 is 5.91 Å². The molecule has 0 bridgehead atoms. The highest BCUT2D eigenvalue weighted by atomic mass is 16.5. The lowest BCUT2D eigenvalue weighted by Gasteiger charge is -2.41. The Morgan fingerprint density at radius 2 is 2.00 bits per heavy atom. The van der Waals surface area contributed by atoms with Crippen molar-refractivity contribution in [1.82, 2.24) is 20.2 Å². The fourth-order valence-corrected chi connectivity index (χ4v) is 3.48. The third-order valence-electron chi connectivity index (χ3n) is 5.02. The number of benzene rings is 1. The number of fused-ring (bicyclic) bond motifs is 1. The minimum atomic E-state index is -0.322. The van der Waals surface area contributed by atoms with Gasteiger partial charge in [-0.25, -0.2) is 0 Å². The van der Waals surface area contributed by atoms with Crippen LogP contribution in [0, 0.1) is 6.92 Å². The van der Waals surface area contributed by atoms with Gasteiger partial charge in [0, 0.05) is 44.9 Å². The summed E-state index contributed by atoms with van der Waals surface area (Å²) < 4.78 is 6.33. The van der Waals surface area contributed by atoms with E-state index < -0.39 is 0 Å². The van der Waals surface area contributed by atoms with Crippen LogP contribution < -0.4 is 10.1 Å². The molecule has 1 amide bonds. The zero-order valence-electron chi connectivity index (χ0n) is 14.4. The molecule has 1 aromatic heterocycles. The summed E-state index contributed by atoms with van der Waals surface area (Å²) in [5.74, 6) is 0.639. The summed E-state index contributed by atoms with van der Waals surface area (Å²) >= 11 is 0. The molecule has 3 heterocycles. The number of carbonyl (C=O) groups excluding carboxylic acids is 1. The normalized spacial score (nSPS) is 19.6. The maximum Gasteiger partial charge on any atom is 0.255 e. The van der Waals surface area contributed by atoms with E-state index in [-0.39, 0.29) is 11.5 Å². The summed E-state index contributed by atoms with van der Waals surface area (Å²) in [6.07, 6.45) is 5.40. The second-order valence-electron chi connectivity index (χ2n) is 6.89. The number of hydrogen-bond acceptors (Lipinski definition) is 5. The number of aromatic nitrogens is 2. The Morgan fingerprint density at radius 3 is 2.76 bits per heavy atom. The van der Waals surface area contributed by atoms with Crippen LogP contribution in [0.5, 0.6) is 5.75 Å². The molecule has 2 aromatic rings. The molecule has 0 saturated carbocycles. The summed E-state index contributed by atoms with van der Waals surface area (Å²) in [6, 6.07) is 7.48. The third-order valence-corrected chi connectivity index (χ3v) is 5.02.